The molecule has 0 saturated carbocycles. The van der Waals surface area contributed by atoms with Gasteiger partial charge in [0.25, 0.3) is 5.91 Å². The van der Waals surface area contributed by atoms with Crippen LogP contribution in [0.2, 0.25) is 0 Å². The summed E-state index contributed by atoms with van der Waals surface area (Å²) in [5.74, 6) is 0.0469. The maximum atomic E-state index is 12.1. The van der Waals surface area contributed by atoms with E-state index in [4.69, 9.17) is 0 Å². The Morgan fingerprint density at radius 2 is 2.19 bits per heavy atom. The molecule has 1 saturated heterocycles. The van der Waals surface area contributed by atoms with Gasteiger partial charge in [-0.1, -0.05) is 25.5 Å². The molecule has 1 fully saturated rings. The van der Waals surface area contributed by atoms with E-state index in [9.17, 15) is 4.79 Å². The van der Waals surface area contributed by atoms with Crippen molar-refractivity contribution in [3.63, 3.8) is 0 Å². The van der Waals surface area contributed by atoms with Crippen molar-refractivity contribution >= 4 is 28.5 Å². The van der Waals surface area contributed by atoms with Crippen LogP contribution in [0.1, 0.15) is 49.4 Å². The summed E-state index contributed by atoms with van der Waals surface area (Å²) in [6.07, 6.45) is 6.31. The van der Waals surface area contributed by atoms with Crippen LogP contribution < -0.4 is 5.32 Å². The number of nitrogens with zero attached hydrogens (tertiary/aromatic N) is 1. The summed E-state index contributed by atoms with van der Waals surface area (Å²) in [6.45, 7) is 5.37. The number of amides is 1. The fourth-order valence-corrected chi connectivity index (χ4v) is 3.67. The van der Waals surface area contributed by atoms with Crippen molar-refractivity contribution < 1.29 is 4.79 Å². The molecule has 21 heavy (non-hydrogen) atoms. The monoisotopic (exact) mass is 400 g/mol. The standard InChI is InChI=1S/C17H25IN2O/c1-2-14-8-5-6-12-20(14)13-7-11-19-17(21)15-9-3-4-10-16(15)18/h3-4,9-10,14H,2,5-8,11-13H2,1H3,(H,19,21)/t14-/m1/s1. The predicted octanol–water partition coefficient (Wildman–Crippen LogP) is 3.68. The van der Waals surface area contributed by atoms with Crippen LogP contribution in [0.4, 0.5) is 0 Å². The lowest BCUT2D eigenvalue weighted by atomic mass is 10.00. The Morgan fingerprint density at radius 1 is 1.38 bits per heavy atom. The number of hydrogen-bond donors (Lipinski definition) is 1. The summed E-state index contributed by atoms with van der Waals surface area (Å²) in [7, 11) is 0. The molecule has 1 heterocycles. The summed E-state index contributed by atoms with van der Waals surface area (Å²) in [5, 5.41) is 3.04. The average Bonchev–Trinajstić information content (AvgIpc) is 2.52. The zero-order chi connectivity index (χ0) is 15.1. The van der Waals surface area contributed by atoms with Crippen molar-refractivity contribution in [2.24, 2.45) is 0 Å². The van der Waals surface area contributed by atoms with E-state index in [0.717, 1.165) is 34.7 Å². The summed E-state index contributed by atoms with van der Waals surface area (Å²) < 4.78 is 1.01. The molecule has 1 amide bonds. The molecule has 1 atom stereocenters. The topological polar surface area (TPSA) is 32.3 Å². The van der Waals surface area contributed by atoms with Gasteiger partial charge in [-0.3, -0.25) is 4.79 Å². The number of likely N-dealkylation sites (tertiary alicyclic amines) is 1. The van der Waals surface area contributed by atoms with Gasteiger partial charge >= 0.3 is 0 Å². The highest BCUT2D eigenvalue weighted by atomic mass is 127. The minimum atomic E-state index is 0.0469. The summed E-state index contributed by atoms with van der Waals surface area (Å²) in [6, 6.07) is 8.48. The molecule has 0 bridgehead atoms. The van der Waals surface area contributed by atoms with Gasteiger partial charge in [0, 0.05) is 22.7 Å². The van der Waals surface area contributed by atoms with Gasteiger partial charge in [0.05, 0.1) is 5.56 Å². The van der Waals surface area contributed by atoms with Crippen molar-refractivity contribution in [3.8, 4) is 0 Å². The maximum Gasteiger partial charge on any atom is 0.252 e. The molecule has 0 spiro atoms. The lowest BCUT2D eigenvalue weighted by Crippen LogP contribution is -2.40. The molecule has 0 aromatic heterocycles. The third kappa shape index (κ3) is 4.95. The SMILES string of the molecule is CC[C@@H]1CCCCN1CCCNC(=O)c1ccccc1I. The van der Waals surface area contributed by atoms with Crippen LogP contribution in [0.3, 0.4) is 0 Å². The molecule has 3 nitrogen and oxygen atoms in total. The Labute approximate surface area is 141 Å². The second kappa shape index (κ2) is 8.73. The summed E-state index contributed by atoms with van der Waals surface area (Å²) in [5.41, 5.74) is 0.780. The summed E-state index contributed by atoms with van der Waals surface area (Å²) in [4.78, 5) is 14.7. The number of carbonyl (C=O) groups excluding carboxylic acids is 1. The number of hydrogen-bond acceptors (Lipinski definition) is 2. The zero-order valence-corrected chi connectivity index (χ0v) is 14.9. The van der Waals surface area contributed by atoms with Gasteiger partial charge < -0.3 is 10.2 Å². The molecule has 4 heteroatoms. The van der Waals surface area contributed by atoms with Crippen LogP contribution in [-0.2, 0) is 0 Å². The van der Waals surface area contributed by atoms with Crippen molar-refractivity contribution in [3.05, 3.63) is 33.4 Å². The Kier molecular flexibility index (Phi) is 6.96. The van der Waals surface area contributed by atoms with E-state index in [0.29, 0.717) is 0 Å². The molecule has 0 unspecified atom stereocenters. The third-order valence-electron chi connectivity index (χ3n) is 4.25. The van der Waals surface area contributed by atoms with Crippen LogP contribution in [0.5, 0.6) is 0 Å². The molecular weight excluding hydrogens is 375 g/mol. The second-order valence-electron chi connectivity index (χ2n) is 5.68. The van der Waals surface area contributed by atoms with Gasteiger partial charge in [-0.05, 0) is 67.0 Å². The van der Waals surface area contributed by atoms with Crippen LogP contribution in [0, 0.1) is 3.57 Å². The first-order valence-electron chi connectivity index (χ1n) is 7.99. The Balaban J connectivity index is 1.72. The van der Waals surface area contributed by atoms with Crippen LogP contribution in [0.25, 0.3) is 0 Å². The normalized spacial score (nSPS) is 19.4. The molecular formula is C17H25IN2O. The lowest BCUT2D eigenvalue weighted by Gasteiger charge is -2.35. The molecule has 1 N–H and O–H groups in total. The molecule has 2 rings (SSSR count). The van der Waals surface area contributed by atoms with Gasteiger partial charge in [0.15, 0.2) is 0 Å². The van der Waals surface area contributed by atoms with E-state index in [-0.39, 0.29) is 5.91 Å². The number of halogens is 1. The van der Waals surface area contributed by atoms with Crippen molar-refractivity contribution in [2.75, 3.05) is 19.6 Å². The predicted molar refractivity (Wildman–Crippen MR) is 95.6 cm³/mol. The number of rotatable bonds is 6. The third-order valence-corrected chi connectivity index (χ3v) is 5.19. The molecule has 1 aromatic carbocycles. The fraction of sp³-hybridized carbons (Fsp3) is 0.588. The van der Waals surface area contributed by atoms with E-state index in [1.54, 1.807) is 0 Å². The van der Waals surface area contributed by atoms with E-state index in [1.165, 1.54) is 32.2 Å². The first-order chi connectivity index (χ1) is 10.2. The van der Waals surface area contributed by atoms with Gasteiger partial charge in [-0.15, -0.1) is 0 Å². The van der Waals surface area contributed by atoms with Crippen molar-refractivity contribution in [2.45, 2.75) is 45.1 Å². The van der Waals surface area contributed by atoms with Crippen LogP contribution in [0.15, 0.2) is 24.3 Å². The van der Waals surface area contributed by atoms with E-state index in [1.807, 2.05) is 24.3 Å². The Morgan fingerprint density at radius 3 is 2.95 bits per heavy atom. The number of carbonyl (C=O) groups is 1. The maximum absolute atomic E-state index is 12.1. The second-order valence-corrected chi connectivity index (χ2v) is 6.85. The van der Waals surface area contributed by atoms with E-state index in [2.05, 4.69) is 39.7 Å². The zero-order valence-electron chi connectivity index (χ0n) is 12.8. The largest absolute Gasteiger partial charge is 0.352 e. The average molecular weight is 400 g/mol. The number of benzene rings is 1. The smallest absolute Gasteiger partial charge is 0.252 e. The first kappa shape index (κ1) is 16.7. The van der Waals surface area contributed by atoms with Gasteiger partial charge in [0.2, 0.25) is 0 Å². The number of piperidine rings is 1. The quantitative estimate of drug-likeness (QED) is 0.584. The molecule has 1 aliphatic heterocycles. The minimum Gasteiger partial charge on any atom is -0.352 e. The molecule has 1 aromatic rings. The highest BCUT2D eigenvalue weighted by Gasteiger charge is 2.19. The van der Waals surface area contributed by atoms with E-state index >= 15 is 0 Å². The molecule has 116 valence electrons. The van der Waals surface area contributed by atoms with Crippen molar-refractivity contribution in [1.29, 1.82) is 0 Å². The van der Waals surface area contributed by atoms with Crippen molar-refractivity contribution in [1.82, 2.24) is 10.2 Å². The van der Waals surface area contributed by atoms with Gasteiger partial charge in [0.1, 0.15) is 0 Å². The van der Waals surface area contributed by atoms with Crippen LogP contribution in [-0.4, -0.2) is 36.5 Å². The van der Waals surface area contributed by atoms with E-state index < -0.39 is 0 Å². The molecule has 0 radical (unpaired) electrons. The highest BCUT2D eigenvalue weighted by molar-refractivity contribution is 14.1. The molecule has 1 aliphatic rings. The van der Waals surface area contributed by atoms with Gasteiger partial charge in [-0.25, -0.2) is 0 Å². The lowest BCUT2D eigenvalue weighted by molar-refractivity contribution is 0.0946. The number of nitrogens with one attached hydrogen (secondary N) is 1. The first-order valence-corrected chi connectivity index (χ1v) is 9.07. The summed E-state index contributed by atoms with van der Waals surface area (Å²) >= 11 is 2.21. The highest BCUT2D eigenvalue weighted by Crippen LogP contribution is 2.19. The molecule has 0 aliphatic carbocycles. The Bertz CT molecular complexity index is 464. The minimum absolute atomic E-state index is 0.0469. The van der Waals surface area contributed by atoms with Gasteiger partial charge in [-0.2, -0.15) is 0 Å². The fourth-order valence-electron chi connectivity index (χ4n) is 3.04. The van der Waals surface area contributed by atoms with Crippen LogP contribution >= 0.6 is 22.6 Å². The Hall–Kier alpha value is -0.620.